The number of rotatable bonds is 2. The van der Waals surface area contributed by atoms with Crippen molar-refractivity contribution in [1.29, 1.82) is 0 Å². The van der Waals surface area contributed by atoms with Gasteiger partial charge in [0.05, 0.1) is 0 Å². The number of fused-ring (bicyclic) bond motifs is 1. The van der Waals surface area contributed by atoms with Gasteiger partial charge in [-0.25, -0.2) is 15.0 Å². The lowest BCUT2D eigenvalue weighted by Gasteiger charge is -2.35. The van der Waals surface area contributed by atoms with Crippen molar-refractivity contribution in [2.75, 3.05) is 36.0 Å². The molecule has 0 saturated carbocycles. The van der Waals surface area contributed by atoms with Crippen molar-refractivity contribution in [3.63, 3.8) is 0 Å². The molecule has 4 rings (SSSR count). The molecule has 8 nitrogen and oxygen atoms in total. The quantitative estimate of drug-likeness (QED) is 0.695. The van der Waals surface area contributed by atoms with Crippen molar-refractivity contribution in [2.45, 2.75) is 13.8 Å². The lowest BCUT2D eigenvalue weighted by molar-refractivity contribution is 0.640. The van der Waals surface area contributed by atoms with Crippen molar-refractivity contribution in [3.05, 3.63) is 36.3 Å². The fourth-order valence-electron chi connectivity index (χ4n) is 2.92. The summed E-state index contributed by atoms with van der Waals surface area (Å²) >= 11 is 0. The summed E-state index contributed by atoms with van der Waals surface area (Å²) in [6.45, 7) is 7.40. The molecule has 8 heteroatoms. The first kappa shape index (κ1) is 13.9. The van der Waals surface area contributed by atoms with Gasteiger partial charge in [-0.15, -0.1) is 10.2 Å². The van der Waals surface area contributed by atoms with Crippen molar-refractivity contribution in [3.8, 4) is 0 Å². The van der Waals surface area contributed by atoms with Gasteiger partial charge in [0, 0.05) is 44.8 Å². The second-order valence-corrected chi connectivity index (χ2v) is 5.63. The van der Waals surface area contributed by atoms with Gasteiger partial charge < -0.3 is 9.80 Å². The van der Waals surface area contributed by atoms with Crippen molar-refractivity contribution in [2.24, 2.45) is 0 Å². The van der Waals surface area contributed by atoms with Gasteiger partial charge in [0.25, 0.3) is 0 Å². The Kier molecular flexibility index (Phi) is 3.29. The zero-order valence-electron chi connectivity index (χ0n) is 13.2. The van der Waals surface area contributed by atoms with Crippen LogP contribution in [0.1, 0.15) is 11.6 Å². The molecular formula is C15H18N8. The van der Waals surface area contributed by atoms with E-state index >= 15 is 0 Å². The second kappa shape index (κ2) is 5.45. The van der Waals surface area contributed by atoms with Crippen LogP contribution in [0.3, 0.4) is 0 Å². The highest BCUT2D eigenvalue weighted by molar-refractivity contribution is 5.64. The molecule has 0 unspecified atom stereocenters. The summed E-state index contributed by atoms with van der Waals surface area (Å²) in [6, 6.07) is 1.96. The maximum Gasteiger partial charge on any atom is 0.203 e. The maximum absolute atomic E-state index is 4.51. The molecule has 4 heterocycles. The molecule has 0 amide bonds. The smallest absolute Gasteiger partial charge is 0.203 e. The molecule has 3 aromatic heterocycles. The topological polar surface area (TPSA) is 75.3 Å². The molecule has 0 aromatic carbocycles. The Morgan fingerprint density at radius 2 is 1.70 bits per heavy atom. The summed E-state index contributed by atoms with van der Waals surface area (Å²) in [5, 5.41) is 8.40. The maximum atomic E-state index is 4.51. The highest BCUT2D eigenvalue weighted by atomic mass is 15.3. The van der Waals surface area contributed by atoms with Gasteiger partial charge in [-0.05, 0) is 19.9 Å². The predicted octanol–water partition coefficient (Wildman–Crippen LogP) is 0.858. The Hall–Kier alpha value is -2.77. The standard InChI is InChI=1S/C15H18N8/c1-11-16-4-3-13(18-11)21-7-9-22(10-8-21)14-15-20-19-12(2)23(15)6-5-17-14/h3-6H,7-10H2,1-2H3. The van der Waals surface area contributed by atoms with Crippen LogP contribution in [0.5, 0.6) is 0 Å². The van der Waals surface area contributed by atoms with Crippen LogP contribution in [0.15, 0.2) is 24.7 Å². The molecule has 0 bridgehead atoms. The molecule has 3 aromatic rings. The van der Waals surface area contributed by atoms with E-state index < -0.39 is 0 Å². The first-order valence-corrected chi connectivity index (χ1v) is 7.68. The van der Waals surface area contributed by atoms with Gasteiger partial charge >= 0.3 is 0 Å². The summed E-state index contributed by atoms with van der Waals surface area (Å²) < 4.78 is 1.97. The molecule has 118 valence electrons. The molecule has 0 atom stereocenters. The van der Waals surface area contributed by atoms with Crippen molar-refractivity contribution >= 4 is 17.3 Å². The normalized spacial score (nSPS) is 15.4. The monoisotopic (exact) mass is 310 g/mol. The minimum Gasteiger partial charge on any atom is -0.353 e. The number of hydrogen-bond acceptors (Lipinski definition) is 7. The van der Waals surface area contributed by atoms with E-state index in [4.69, 9.17) is 0 Å². The van der Waals surface area contributed by atoms with Crippen LogP contribution < -0.4 is 9.80 Å². The predicted molar refractivity (Wildman–Crippen MR) is 86.7 cm³/mol. The number of aromatic nitrogens is 6. The van der Waals surface area contributed by atoms with Crippen LogP contribution >= 0.6 is 0 Å². The number of anilines is 2. The summed E-state index contributed by atoms with van der Waals surface area (Å²) in [6.07, 6.45) is 5.51. The summed E-state index contributed by atoms with van der Waals surface area (Å²) in [4.78, 5) is 17.7. The first-order chi connectivity index (χ1) is 11.2. The average Bonchev–Trinajstić information content (AvgIpc) is 2.97. The van der Waals surface area contributed by atoms with Crippen LogP contribution in [0, 0.1) is 13.8 Å². The molecular weight excluding hydrogens is 292 g/mol. The van der Waals surface area contributed by atoms with Crippen molar-refractivity contribution < 1.29 is 0 Å². The van der Waals surface area contributed by atoms with Crippen LogP contribution in [0.25, 0.3) is 5.65 Å². The zero-order valence-corrected chi connectivity index (χ0v) is 13.2. The lowest BCUT2D eigenvalue weighted by Crippen LogP contribution is -2.47. The van der Waals surface area contributed by atoms with Crippen LogP contribution in [-0.4, -0.2) is 55.7 Å². The summed E-state index contributed by atoms with van der Waals surface area (Å²) in [5.74, 6) is 3.56. The summed E-state index contributed by atoms with van der Waals surface area (Å²) in [5.41, 5.74) is 0.816. The fraction of sp³-hybridized carbons (Fsp3) is 0.400. The first-order valence-electron chi connectivity index (χ1n) is 7.68. The molecule has 0 N–H and O–H groups in total. The fourth-order valence-corrected chi connectivity index (χ4v) is 2.92. The highest BCUT2D eigenvalue weighted by Gasteiger charge is 2.22. The average molecular weight is 310 g/mol. The highest BCUT2D eigenvalue weighted by Crippen LogP contribution is 2.20. The molecule has 1 fully saturated rings. The molecule has 1 aliphatic heterocycles. The van der Waals surface area contributed by atoms with Gasteiger partial charge in [-0.2, -0.15) is 0 Å². The van der Waals surface area contributed by atoms with Crippen molar-refractivity contribution in [1.82, 2.24) is 29.5 Å². The molecule has 23 heavy (non-hydrogen) atoms. The Morgan fingerprint density at radius 1 is 0.913 bits per heavy atom. The molecule has 1 aliphatic rings. The van der Waals surface area contributed by atoms with Gasteiger partial charge in [0.1, 0.15) is 17.5 Å². The molecule has 0 spiro atoms. The zero-order chi connectivity index (χ0) is 15.8. The van der Waals surface area contributed by atoms with E-state index in [0.29, 0.717) is 0 Å². The molecule has 0 aliphatic carbocycles. The third-order valence-electron chi connectivity index (χ3n) is 4.14. The van der Waals surface area contributed by atoms with E-state index in [9.17, 15) is 0 Å². The van der Waals surface area contributed by atoms with Gasteiger partial charge in [0.15, 0.2) is 5.82 Å². The minimum absolute atomic E-state index is 0.801. The SMILES string of the molecule is Cc1nccc(N2CCN(c3nccn4c(C)nnc34)CC2)n1. The van der Waals surface area contributed by atoms with Gasteiger partial charge in [-0.3, -0.25) is 4.40 Å². The molecule has 1 saturated heterocycles. The van der Waals surface area contributed by atoms with E-state index in [0.717, 1.165) is 55.1 Å². The largest absolute Gasteiger partial charge is 0.353 e. The van der Waals surface area contributed by atoms with E-state index in [1.54, 1.807) is 6.20 Å². The summed E-state index contributed by atoms with van der Waals surface area (Å²) in [7, 11) is 0. The second-order valence-electron chi connectivity index (χ2n) is 5.63. The number of hydrogen-bond donors (Lipinski definition) is 0. The lowest BCUT2D eigenvalue weighted by atomic mass is 10.3. The van der Waals surface area contributed by atoms with E-state index in [-0.39, 0.29) is 0 Å². The minimum atomic E-state index is 0.801. The van der Waals surface area contributed by atoms with Gasteiger partial charge in [-0.1, -0.05) is 0 Å². The number of piperazine rings is 1. The Labute approximate surface area is 133 Å². The Bertz CT molecular complexity index is 834. The molecule has 0 radical (unpaired) electrons. The van der Waals surface area contributed by atoms with E-state index in [1.807, 2.05) is 36.7 Å². The number of nitrogens with zero attached hydrogens (tertiary/aromatic N) is 8. The third-order valence-corrected chi connectivity index (χ3v) is 4.14. The van der Waals surface area contributed by atoms with Crippen LogP contribution in [-0.2, 0) is 0 Å². The van der Waals surface area contributed by atoms with E-state index in [2.05, 4.69) is 34.9 Å². The van der Waals surface area contributed by atoms with Crippen LogP contribution in [0.2, 0.25) is 0 Å². The third kappa shape index (κ3) is 2.45. The van der Waals surface area contributed by atoms with Gasteiger partial charge in [0.2, 0.25) is 5.65 Å². The Balaban J connectivity index is 1.55. The Morgan fingerprint density at radius 3 is 2.48 bits per heavy atom. The van der Waals surface area contributed by atoms with E-state index in [1.165, 1.54) is 0 Å². The van der Waals surface area contributed by atoms with Crippen LogP contribution in [0.4, 0.5) is 11.6 Å². The number of aryl methyl sites for hydroxylation is 2.